The molecule has 1 unspecified atom stereocenters. The van der Waals surface area contributed by atoms with Crippen molar-refractivity contribution in [3.05, 3.63) is 23.8 Å². The fourth-order valence-electron chi connectivity index (χ4n) is 2.17. The summed E-state index contributed by atoms with van der Waals surface area (Å²) in [5.74, 6) is 9.59. The number of ether oxygens (including phenoxy) is 2. The highest BCUT2D eigenvalue weighted by Crippen LogP contribution is 2.32. The van der Waals surface area contributed by atoms with E-state index < -0.39 is 0 Å². The molecule has 1 N–H and O–H groups in total. The lowest BCUT2D eigenvalue weighted by molar-refractivity contribution is 0.174. The molecule has 106 valence electrons. The second kappa shape index (κ2) is 5.76. The Bertz CT molecular complexity index is 538. The number of benzene rings is 1. The van der Waals surface area contributed by atoms with Crippen LogP contribution in [0.3, 0.4) is 0 Å². The molecule has 1 fully saturated rings. The van der Waals surface area contributed by atoms with E-state index in [4.69, 9.17) is 9.47 Å². The minimum absolute atomic E-state index is 0.251. The topological polar surface area (TPSA) is 30.5 Å². The summed E-state index contributed by atoms with van der Waals surface area (Å²) in [5, 5.41) is 3.54. The third-order valence-corrected chi connectivity index (χ3v) is 3.65. The van der Waals surface area contributed by atoms with Crippen molar-refractivity contribution in [3.8, 4) is 23.3 Å². The SMILES string of the molecule is CC(C)C(C#CC1CC1)NCc1ccc2c(c1)OCO2. The van der Waals surface area contributed by atoms with Crippen LogP contribution in [0.25, 0.3) is 0 Å². The highest BCUT2D eigenvalue weighted by Gasteiger charge is 2.19. The van der Waals surface area contributed by atoms with Gasteiger partial charge >= 0.3 is 0 Å². The number of hydrogen-bond donors (Lipinski definition) is 1. The third kappa shape index (κ3) is 3.26. The molecule has 1 aliphatic heterocycles. The summed E-state index contributed by atoms with van der Waals surface area (Å²) in [6, 6.07) is 6.34. The van der Waals surface area contributed by atoms with E-state index in [0.29, 0.717) is 18.6 Å². The Morgan fingerprint density at radius 2 is 2.05 bits per heavy atom. The van der Waals surface area contributed by atoms with Crippen LogP contribution >= 0.6 is 0 Å². The van der Waals surface area contributed by atoms with Crippen LogP contribution in [-0.2, 0) is 6.54 Å². The Kier molecular flexibility index (Phi) is 3.84. The fraction of sp³-hybridized carbons (Fsp3) is 0.529. The maximum atomic E-state index is 5.40. The smallest absolute Gasteiger partial charge is 0.231 e. The summed E-state index contributed by atoms with van der Waals surface area (Å²) in [7, 11) is 0. The van der Waals surface area contributed by atoms with Crippen LogP contribution in [0.4, 0.5) is 0 Å². The van der Waals surface area contributed by atoms with Crippen LogP contribution < -0.4 is 14.8 Å². The summed E-state index contributed by atoms with van der Waals surface area (Å²) in [6.07, 6.45) is 2.56. The van der Waals surface area contributed by atoms with E-state index in [1.807, 2.05) is 12.1 Å². The standard InChI is InChI=1S/C17H21NO2/c1-12(2)15(7-5-13-3-4-13)18-10-14-6-8-16-17(9-14)20-11-19-16/h6,8-9,12-13,15,18H,3-4,10-11H2,1-2H3. The summed E-state index contributed by atoms with van der Waals surface area (Å²) in [6.45, 7) is 5.55. The maximum absolute atomic E-state index is 5.40. The first-order valence-corrected chi connectivity index (χ1v) is 7.35. The number of fused-ring (bicyclic) bond motifs is 1. The van der Waals surface area contributed by atoms with Crippen LogP contribution in [0.5, 0.6) is 11.5 Å². The predicted octanol–water partition coefficient (Wildman–Crippen LogP) is 2.94. The van der Waals surface area contributed by atoms with Gasteiger partial charge in [-0.15, -0.1) is 0 Å². The number of rotatable bonds is 4. The summed E-state index contributed by atoms with van der Waals surface area (Å²) >= 11 is 0. The van der Waals surface area contributed by atoms with Gasteiger partial charge in [0.05, 0.1) is 6.04 Å². The first-order chi connectivity index (χ1) is 9.72. The van der Waals surface area contributed by atoms with E-state index in [0.717, 1.165) is 18.0 Å². The number of hydrogen-bond acceptors (Lipinski definition) is 3. The van der Waals surface area contributed by atoms with Gasteiger partial charge in [0.2, 0.25) is 6.79 Å². The average Bonchev–Trinajstić information content (AvgIpc) is 3.14. The van der Waals surface area contributed by atoms with Crippen LogP contribution in [-0.4, -0.2) is 12.8 Å². The lowest BCUT2D eigenvalue weighted by Gasteiger charge is -2.17. The maximum Gasteiger partial charge on any atom is 0.231 e. The Hall–Kier alpha value is -1.66. The lowest BCUT2D eigenvalue weighted by Crippen LogP contribution is -2.32. The van der Waals surface area contributed by atoms with E-state index in [1.54, 1.807) is 0 Å². The van der Waals surface area contributed by atoms with Crippen LogP contribution in [0.15, 0.2) is 18.2 Å². The molecule has 3 rings (SSSR count). The van der Waals surface area contributed by atoms with E-state index >= 15 is 0 Å². The van der Waals surface area contributed by atoms with Gasteiger partial charge in [-0.3, -0.25) is 5.32 Å². The van der Waals surface area contributed by atoms with Crippen molar-refractivity contribution < 1.29 is 9.47 Å². The molecule has 1 heterocycles. The highest BCUT2D eigenvalue weighted by molar-refractivity contribution is 5.44. The van der Waals surface area contributed by atoms with Crippen molar-refractivity contribution in [2.24, 2.45) is 11.8 Å². The monoisotopic (exact) mass is 271 g/mol. The minimum Gasteiger partial charge on any atom is -0.454 e. The van der Waals surface area contributed by atoms with Gasteiger partial charge in [-0.25, -0.2) is 0 Å². The van der Waals surface area contributed by atoms with Gasteiger partial charge in [-0.2, -0.15) is 0 Å². The fourth-order valence-corrected chi connectivity index (χ4v) is 2.17. The predicted molar refractivity (Wildman–Crippen MR) is 78.5 cm³/mol. The second-order valence-corrected chi connectivity index (χ2v) is 5.85. The normalized spacial score (nSPS) is 17.8. The Labute approximate surface area is 120 Å². The van der Waals surface area contributed by atoms with Crippen LogP contribution in [0, 0.1) is 23.7 Å². The largest absolute Gasteiger partial charge is 0.454 e. The molecule has 3 heteroatoms. The van der Waals surface area contributed by atoms with Crippen molar-refractivity contribution in [2.75, 3.05) is 6.79 Å². The molecule has 3 nitrogen and oxygen atoms in total. The zero-order chi connectivity index (χ0) is 13.9. The zero-order valence-electron chi connectivity index (χ0n) is 12.1. The van der Waals surface area contributed by atoms with Crippen molar-refractivity contribution in [2.45, 2.75) is 39.3 Å². The van der Waals surface area contributed by atoms with Crippen molar-refractivity contribution >= 4 is 0 Å². The first-order valence-electron chi connectivity index (χ1n) is 7.35. The van der Waals surface area contributed by atoms with E-state index in [2.05, 4.69) is 37.1 Å². The Morgan fingerprint density at radius 1 is 1.25 bits per heavy atom. The molecule has 0 aromatic heterocycles. The lowest BCUT2D eigenvalue weighted by atomic mass is 10.0. The van der Waals surface area contributed by atoms with Crippen molar-refractivity contribution in [3.63, 3.8) is 0 Å². The van der Waals surface area contributed by atoms with Gasteiger partial charge in [0.25, 0.3) is 0 Å². The molecule has 2 aliphatic rings. The van der Waals surface area contributed by atoms with Crippen molar-refractivity contribution in [1.82, 2.24) is 5.32 Å². The Balaban J connectivity index is 1.60. The van der Waals surface area contributed by atoms with Crippen LogP contribution in [0.2, 0.25) is 0 Å². The van der Waals surface area contributed by atoms with E-state index in [9.17, 15) is 0 Å². The first kappa shape index (κ1) is 13.3. The summed E-state index contributed by atoms with van der Waals surface area (Å²) in [5.41, 5.74) is 1.20. The molecule has 1 aromatic carbocycles. The van der Waals surface area contributed by atoms with Gasteiger partial charge in [0, 0.05) is 12.5 Å². The summed E-state index contributed by atoms with van der Waals surface area (Å²) < 4.78 is 10.7. The minimum atomic E-state index is 0.251. The molecule has 0 bridgehead atoms. The molecule has 0 saturated heterocycles. The van der Waals surface area contributed by atoms with E-state index in [-0.39, 0.29) is 6.04 Å². The molecular weight excluding hydrogens is 250 g/mol. The molecule has 20 heavy (non-hydrogen) atoms. The molecule has 1 aliphatic carbocycles. The third-order valence-electron chi connectivity index (χ3n) is 3.65. The Morgan fingerprint density at radius 3 is 2.80 bits per heavy atom. The zero-order valence-corrected chi connectivity index (χ0v) is 12.1. The molecule has 1 aromatic rings. The molecule has 0 spiro atoms. The van der Waals surface area contributed by atoms with Gasteiger partial charge in [-0.05, 0) is 36.5 Å². The quantitative estimate of drug-likeness (QED) is 0.854. The summed E-state index contributed by atoms with van der Waals surface area (Å²) in [4.78, 5) is 0. The molecule has 1 atom stereocenters. The van der Waals surface area contributed by atoms with Gasteiger partial charge in [0.15, 0.2) is 11.5 Å². The molecular formula is C17H21NO2. The molecule has 0 radical (unpaired) electrons. The van der Waals surface area contributed by atoms with Gasteiger partial charge < -0.3 is 9.47 Å². The highest BCUT2D eigenvalue weighted by atomic mass is 16.7. The number of nitrogens with one attached hydrogen (secondary N) is 1. The average molecular weight is 271 g/mol. The van der Waals surface area contributed by atoms with E-state index in [1.165, 1.54) is 18.4 Å². The van der Waals surface area contributed by atoms with Gasteiger partial charge in [-0.1, -0.05) is 31.8 Å². The molecule has 1 saturated carbocycles. The van der Waals surface area contributed by atoms with Gasteiger partial charge in [0.1, 0.15) is 0 Å². The van der Waals surface area contributed by atoms with Crippen molar-refractivity contribution in [1.29, 1.82) is 0 Å². The molecule has 0 amide bonds. The second-order valence-electron chi connectivity index (χ2n) is 5.85. The van der Waals surface area contributed by atoms with Crippen LogP contribution in [0.1, 0.15) is 32.3 Å².